The van der Waals surface area contributed by atoms with Crippen LogP contribution in [-0.2, 0) is 0 Å². The Morgan fingerprint density at radius 1 is 1.21 bits per heavy atom. The van der Waals surface area contributed by atoms with Crippen LogP contribution < -0.4 is 5.43 Å². The maximum absolute atomic E-state index is 11.6. The van der Waals surface area contributed by atoms with E-state index in [-0.39, 0.29) is 20.4 Å². The summed E-state index contributed by atoms with van der Waals surface area (Å²) in [6.45, 7) is 0. The first-order chi connectivity index (χ1) is 6.86. The van der Waals surface area contributed by atoms with Crippen LogP contribution in [0, 0.1) is 0 Å². The molecule has 4 nitrogen and oxygen atoms in total. The number of aromatic amines is 1. The number of aromatic nitrogens is 3. The Morgan fingerprint density at radius 3 is 3.00 bits per heavy atom. The van der Waals surface area contributed by atoms with Gasteiger partial charge < -0.3 is 0 Å². The predicted molar refractivity (Wildman–Crippen MR) is 54.6 cm³/mol. The van der Waals surface area contributed by atoms with Crippen molar-refractivity contribution in [1.82, 2.24) is 12.9 Å². The molecule has 0 fully saturated rings. The molecule has 68 valence electrons. The Morgan fingerprint density at radius 2 is 2.07 bits per heavy atom. The van der Waals surface area contributed by atoms with Gasteiger partial charge in [0.1, 0.15) is 0 Å². The van der Waals surface area contributed by atoms with Crippen LogP contribution in [-0.4, -0.2) is 27.9 Å². The van der Waals surface area contributed by atoms with Crippen molar-refractivity contribution in [1.29, 1.82) is 0 Å². The van der Waals surface area contributed by atoms with Crippen LogP contribution in [0.15, 0.2) is 29.2 Å². The van der Waals surface area contributed by atoms with Crippen molar-refractivity contribution < 1.29 is 0 Å². The van der Waals surface area contributed by atoms with E-state index in [0.29, 0.717) is 5.39 Å². The number of hydrogen-bond acceptors (Lipinski definition) is 3. The van der Waals surface area contributed by atoms with Gasteiger partial charge in [0, 0.05) is 0 Å². The summed E-state index contributed by atoms with van der Waals surface area (Å²) < 4.78 is 7.41. The molecule has 1 aromatic carbocycles. The molecule has 0 atom stereocenters. The van der Waals surface area contributed by atoms with E-state index in [0.717, 1.165) is 16.6 Å². The zero-order valence-electron chi connectivity index (χ0n) is 7.02. The fraction of sp³-hybridized carbons (Fsp3) is 0. The molecule has 0 saturated heterocycles. The zero-order chi connectivity index (χ0) is 9.54. The summed E-state index contributed by atoms with van der Waals surface area (Å²) >= 11 is 0.0267. The molecular formula is C9H5N3OSe. The van der Waals surface area contributed by atoms with Crippen molar-refractivity contribution in [2.24, 2.45) is 0 Å². The van der Waals surface area contributed by atoms with Crippen molar-refractivity contribution in [3.63, 3.8) is 0 Å². The minimum absolute atomic E-state index is 0.00671. The minimum atomic E-state index is 0.00671. The topological polar surface area (TPSA) is 58.6 Å². The second-order valence-corrected chi connectivity index (χ2v) is 4.14. The Labute approximate surface area is 84.8 Å². The number of hydrogen-bond donors (Lipinski definition) is 1. The maximum atomic E-state index is 11.6. The van der Waals surface area contributed by atoms with Crippen molar-refractivity contribution >= 4 is 36.9 Å². The molecule has 0 unspecified atom stereocenters. The molecule has 5 heteroatoms. The molecular weight excluding hydrogens is 245 g/mol. The third-order valence-electron chi connectivity index (χ3n) is 2.14. The molecule has 14 heavy (non-hydrogen) atoms. The normalized spacial score (nSPS) is 11.1. The first-order valence-electron chi connectivity index (χ1n) is 4.08. The first kappa shape index (κ1) is 7.91. The van der Waals surface area contributed by atoms with Crippen LogP contribution >= 0.6 is 0 Å². The average molecular weight is 250 g/mol. The molecule has 3 rings (SSSR count). The fourth-order valence-electron chi connectivity index (χ4n) is 1.50. The van der Waals surface area contributed by atoms with Crippen molar-refractivity contribution in [3.8, 4) is 0 Å². The number of rotatable bonds is 0. The molecule has 3 aromatic rings. The van der Waals surface area contributed by atoms with E-state index < -0.39 is 0 Å². The molecule has 2 heterocycles. The van der Waals surface area contributed by atoms with Crippen molar-refractivity contribution in [2.45, 2.75) is 0 Å². The Hall–Kier alpha value is -1.45. The average Bonchev–Trinajstić information content (AvgIpc) is 2.65. The fourth-order valence-corrected chi connectivity index (χ4v) is 2.75. The summed E-state index contributed by atoms with van der Waals surface area (Å²) in [4.78, 5) is 15.8. The van der Waals surface area contributed by atoms with Gasteiger partial charge >= 0.3 is 84.5 Å². The number of nitrogens with one attached hydrogen (secondary N) is 1. The van der Waals surface area contributed by atoms with E-state index in [4.69, 9.17) is 0 Å². The molecule has 0 bridgehead atoms. The van der Waals surface area contributed by atoms with Gasteiger partial charge in [-0.3, -0.25) is 0 Å². The van der Waals surface area contributed by atoms with Crippen molar-refractivity contribution in [2.75, 3.05) is 0 Å². The molecule has 1 N–H and O–H groups in total. The molecule has 0 radical (unpaired) electrons. The Balaban J connectivity index is 2.74. The van der Waals surface area contributed by atoms with Gasteiger partial charge in [-0.05, 0) is 0 Å². The standard InChI is InChI=1S/C9H5N3OSe/c13-7-3-4-10-5-1-2-6-9(8(5)7)12-14-11-6/h1-4,12H. The molecule has 0 saturated carbocycles. The van der Waals surface area contributed by atoms with E-state index in [1.54, 1.807) is 0 Å². The van der Waals surface area contributed by atoms with Gasteiger partial charge in [-0.15, -0.1) is 0 Å². The van der Waals surface area contributed by atoms with Crippen LogP contribution in [0.3, 0.4) is 0 Å². The van der Waals surface area contributed by atoms with Gasteiger partial charge in [-0.25, -0.2) is 0 Å². The van der Waals surface area contributed by atoms with Gasteiger partial charge in [0.15, 0.2) is 0 Å². The van der Waals surface area contributed by atoms with Crippen LogP contribution in [0.5, 0.6) is 0 Å². The molecule has 0 aliphatic heterocycles. The van der Waals surface area contributed by atoms with E-state index in [2.05, 4.69) is 12.9 Å². The van der Waals surface area contributed by atoms with E-state index >= 15 is 0 Å². The summed E-state index contributed by atoms with van der Waals surface area (Å²) in [5, 5.41) is 0.660. The second-order valence-electron chi connectivity index (χ2n) is 2.95. The number of H-pyrrole nitrogens is 1. The first-order valence-corrected chi connectivity index (χ1v) is 5.70. The molecule has 2 aromatic heterocycles. The van der Waals surface area contributed by atoms with Crippen LogP contribution in [0.2, 0.25) is 0 Å². The van der Waals surface area contributed by atoms with Crippen molar-refractivity contribution in [3.05, 3.63) is 34.6 Å². The SMILES string of the molecule is O=c1ccnc2ccc3n[se][nH]c3c12. The van der Waals surface area contributed by atoms with E-state index in [1.807, 2.05) is 12.1 Å². The second kappa shape index (κ2) is 2.77. The summed E-state index contributed by atoms with van der Waals surface area (Å²) in [5.41, 5.74) is 2.46. The summed E-state index contributed by atoms with van der Waals surface area (Å²) in [6.07, 6.45) is 1.54. The predicted octanol–water partition coefficient (Wildman–Crippen LogP) is 0.528. The summed E-state index contributed by atoms with van der Waals surface area (Å²) in [7, 11) is 0. The number of nitrogens with zero attached hydrogens (tertiary/aromatic N) is 2. The molecule has 0 aliphatic rings. The van der Waals surface area contributed by atoms with Gasteiger partial charge in [0.05, 0.1) is 0 Å². The van der Waals surface area contributed by atoms with Crippen LogP contribution in [0.25, 0.3) is 21.9 Å². The van der Waals surface area contributed by atoms with E-state index in [1.165, 1.54) is 12.3 Å². The van der Waals surface area contributed by atoms with E-state index in [9.17, 15) is 4.79 Å². The van der Waals surface area contributed by atoms with Gasteiger partial charge in [0.2, 0.25) is 0 Å². The Bertz CT molecular complexity index is 670. The molecule has 0 amide bonds. The zero-order valence-corrected chi connectivity index (χ0v) is 8.73. The van der Waals surface area contributed by atoms with Crippen LogP contribution in [0.1, 0.15) is 0 Å². The number of benzene rings is 1. The summed E-state index contributed by atoms with van der Waals surface area (Å²) in [6, 6.07) is 5.21. The monoisotopic (exact) mass is 251 g/mol. The van der Waals surface area contributed by atoms with Gasteiger partial charge in [0.25, 0.3) is 0 Å². The van der Waals surface area contributed by atoms with Crippen LogP contribution in [0.4, 0.5) is 0 Å². The third-order valence-corrected chi connectivity index (χ3v) is 3.36. The Kier molecular flexibility index (Phi) is 1.56. The number of pyridine rings is 1. The summed E-state index contributed by atoms with van der Waals surface area (Å²) in [5.74, 6) is 0. The quantitative estimate of drug-likeness (QED) is 0.592. The molecule has 0 aliphatic carbocycles. The van der Waals surface area contributed by atoms with Gasteiger partial charge in [-0.2, -0.15) is 0 Å². The third kappa shape index (κ3) is 0.967. The number of fused-ring (bicyclic) bond motifs is 3. The molecule has 0 spiro atoms. The van der Waals surface area contributed by atoms with Gasteiger partial charge in [-0.1, -0.05) is 0 Å².